The zero-order valence-corrected chi connectivity index (χ0v) is 11.7. The number of aromatic nitrogens is 2. The van der Waals surface area contributed by atoms with Gasteiger partial charge in [-0.15, -0.1) is 0 Å². The zero-order chi connectivity index (χ0) is 14.8. The second-order valence-electron chi connectivity index (χ2n) is 5.10. The molecule has 3 aromatic rings. The number of carbonyl (C=O) groups is 1. The summed E-state index contributed by atoms with van der Waals surface area (Å²) >= 11 is 0. The van der Waals surface area contributed by atoms with E-state index in [2.05, 4.69) is 4.98 Å². The van der Waals surface area contributed by atoms with E-state index in [1.807, 2.05) is 59.9 Å². The highest BCUT2D eigenvalue weighted by molar-refractivity contribution is 5.69. The summed E-state index contributed by atoms with van der Waals surface area (Å²) in [7, 11) is 0. The summed E-state index contributed by atoms with van der Waals surface area (Å²) in [6.07, 6.45) is 1.83. The molecule has 0 fully saturated rings. The molecule has 0 aliphatic carbocycles. The van der Waals surface area contributed by atoms with Gasteiger partial charge in [0, 0.05) is 17.8 Å². The number of fused-ring (bicyclic) bond motifs is 1. The SMILES string of the molecule is Cc1cccc2ncc(C(CC(=O)O)c3ccccc3)n12. The van der Waals surface area contributed by atoms with E-state index < -0.39 is 5.97 Å². The minimum atomic E-state index is -0.813. The van der Waals surface area contributed by atoms with Crippen LogP contribution in [-0.4, -0.2) is 20.5 Å². The fourth-order valence-corrected chi connectivity index (χ4v) is 2.73. The molecule has 106 valence electrons. The molecule has 0 spiro atoms. The lowest BCUT2D eigenvalue weighted by molar-refractivity contribution is -0.137. The highest BCUT2D eigenvalue weighted by Crippen LogP contribution is 2.29. The van der Waals surface area contributed by atoms with Crippen molar-refractivity contribution in [3.8, 4) is 0 Å². The minimum Gasteiger partial charge on any atom is -0.481 e. The topological polar surface area (TPSA) is 54.6 Å². The molecule has 1 aromatic carbocycles. The van der Waals surface area contributed by atoms with E-state index in [9.17, 15) is 9.90 Å². The van der Waals surface area contributed by atoms with E-state index in [0.717, 1.165) is 22.6 Å². The number of pyridine rings is 1. The maximum absolute atomic E-state index is 11.3. The quantitative estimate of drug-likeness (QED) is 0.798. The van der Waals surface area contributed by atoms with Crippen molar-refractivity contribution in [2.45, 2.75) is 19.3 Å². The lowest BCUT2D eigenvalue weighted by Gasteiger charge is -2.16. The monoisotopic (exact) mass is 280 g/mol. The second kappa shape index (κ2) is 5.40. The molecule has 0 saturated heterocycles. The molecular formula is C17H16N2O2. The summed E-state index contributed by atoms with van der Waals surface area (Å²) in [6, 6.07) is 15.6. The van der Waals surface area contributed by atoms with Gasteiger partial charge in [0.15, 0.2) is 0 Å². The van der Waals surface area contributed by atoms with Crippen LogP contribution in [0.15, 0.2) is 54.7 Å². The van der Waals surface area contributed by atoms with Crippen LogP contribution in [0.4, 0.5) is 0 Å². The molecule has 1 unspecified atom stereocenters. The van der Waals surface area contributed by atoms with Gasteiger partial charge in [-0.1, -0.05) is 36.4 Å². The van der Waals surface area contributed by atoms with Crippen molar-refractivity contribution in [1.82, 2.24) is 9.38 Å². The Balaban J connectivity index is 2.17. The van der Waals surface area contributed by atoms with Crippen molar-refractivity contribution in [2.75, 3.05) is 0 Å². The van der Waals surface area contributed by atoms with Gasteiger partial charge in [0.1, 0.15) is 5.65 Å². The lowest BCUT2D eigenvalue weighted by atomic mass is 9.93. The Hall–Kier alpha value is -2.62. The molecule has 2 aromatic heterocycles. The van der Waals surface area contributed by atoms with Crippen LogP contribution in [0.3, 0.4) is 0 Å². The van der Waals surface area contributed by atoms with E-state index in [0.29, 0.717) is 0 Å². The number of hydrogen-bond acceptors (Lipinski definition) is 2. The Kier molecular flexibility index (Phi) is 3.44. The molecule has 21 heavy (non-hydrogen) atoms. The van der Waals surface area contributed by atoms with Crippen LogP contribution in [0.2, 0.25) is 0 Å². The Labute approximate surface area is 122 Å². The fourth-order valence-electron chi connectivity index (χ4n) is 2.73. The Morgan fingerprint density at radius 2 is 1.95 bits per heavy atom. The normalized spacial score (nSPS) is 12.4. The number of imidazole rings is 1. The van der Waals surface area contributed by atoms with Crippen LogP contribution >= 0.6 is 0 Å². The van der Waals surface area contributed by atoms with Gasteiger partial charge in [-0.05, 0) is 24.6 Å². The number of carboxylic acid groups (broad SMARTS) is 1. The van der Waals surface area contributed by atoms with Crippen LogP contribution in [-0.2, 0) is 4.79 Å². The van der Waals surface area contributed by atoms with Crippen molar-refractivity contribution in [3.63, 3.8) is 0 Å². The Bertz CT molecular complexity index is 778. The van der Waals surface area contributed by atoms with Gasteiger partial charge < -0.3 is 9.51 Å². The third-order valence-electron chi connectivity index (χ3n) is 3.69. The highest BCUT2D eigenvalue weighted by Gasteiger charge is 2.21. The molecule has 0 bridgehead atoms. The number of rotatable bonds is 4. The standard InChI is InChI=1S/C17H16N2O2/c1-12-6-5-9-16-18-11-15(19(12)16)14(10-17(20)21)13-7-3-2-4-8-13/h2-9,11,14H,10H2,1H3,(H,20,21). The van der Waals surface area contributed by atoms with Gasteiger partial charge in [-0.3, -0.25) is 4.79 Å². The summed E-state index contributed by atoms with van der Waals surface area (Å²) in [5.74, 6) is -1.02. The van der Waals surface area contributed by atoms with E-state index in [1.165, 1.54) is 0 Å². The van der Waals surface area contributed by atoms with E-state index in [-0.39, 0.29) is 12.3 Å². The lowest BCUT2D eigenvalue weighted by Crippen LogP contribution is -2.11. The number of nitrogens with zero attached hydrogens (tertiary/aromatic N) is 2. The molecule has 0 aliphatic heterocycles. The predicted octanol–water partition coefficient (Wildman–Crippen LogP) is 3.25. The van der Waals surface area contributed by atoms with E-state index >= 15 is 0 Å². The molecule has 3 rings (SSSR count). The predicted molar refractivity (Wildman–Crippen MR) is 80.5 cm³/mol. The number of aliphatic carboxylic acids is 1. The molecular weight excluding hydrogens is 264 g/mol. The molecule has 4 nitrogen and oxygen atoms in total. The summed E-state index contributed by atoms with van der Waals surface area (Å²) in [4.78, 5) is 15.7. The minimum absolute atomic E-state index is 0.0478. The summed E-state index contributed by atoms with van der Waals surface area (Å²) in [5, 5.41) is 9.26. The first-order valence-electron chi connectivity index (χ1n) is 6.86. The average Bonchev–Trinajstić information content (AvgIpc) is 2.91. The van der Waals surface area contributed by atoms with Gasteiger partial charge in [-0.2, -0.15) is 0 Å². The van der Waals surface area contributed by atoms with Gasteiger partial charge in [0.05, 0.1) is 12.1 Å². The van der Waals surface area contributed by atoms with Crippen LogP contribution in [0, 0.1) is 6.92 Å². The van der Waals surface area contributed by atoms with Crippen molar-refractivity contribution in [1.29, 1.82) is 0 Å². The summed E-state index contributed by atoms with van der Waals surface area (Å²) < 4.78 is 2.03. The van der Waals surface area contributed by atoms with Crippen molar-refractivity contribution in [2.24, 2.45) is 0 Å². The first kappa shape index (κ1) is 13.4. The summed E-state index contributed by atoms with van der Waals surface area (Å²) in [6.45, 7) is 2.00. The second-order valence-corrected chi connectivity index (χ2v) is 5.10. The largest absolute Gasteiger partial charge is 0.481 e. The van der Waals surface area contributed by atoms with Crippen LogP contribution in [0.5, 0.6) is 0 Å². The van der Waals surface area contributed by atoms with E-state index in [1.54, 1.807) is 6.20 Å². The van der Waals surface area contributed by atoms with Gasteiger partial charge in [0.25, 0.3) is 0 Å². The first-order chi connectivity index (χ1) is 10.2. The van der Waals surface area contributed by atoms with Crippen LogP contribution in [0.1, 0.15) is 29.3 Å². The van der Waals surface area contributed by atoms with Crippen molar-refractivity contribution < 1.29 is 9.90 Å². The molecule has 2 heterocycles. The number of hydrogen-bond donors (Lipinski definition) is 1. The van der Waals surface area contributed by atoms with Gasteiger partial charge in [-0.25, -0.2) is 4.98 Å². The smallest absolute Gasteiger partial charge is 0.304 e. The molecule has 0 aliphatic rings. The first-order valence-corrected chi connectivity index (χ1v) is 6.86. The molecule has 4 heteroatoms. The van der Waals surface area contributed by atoms with Gasteiger partial charge >= 0.3 is 5.97 Å². The van der Waals surface area contributed by atoms with E-state index in [4.69, 9.17) is 0 Å². The maximum atomic E-state index is 11.3. The number of benzene rings is 1. The molecule has 0 saturated carbocycles. The average molecular weight is 280 g/mol. The van der Waals surface area contributed by atoms with Crippen LogP contribution < -0.4 is 0 Å². The third kappa shape index (κ3) is 2.52. The number of aryl methyl sites for hydroxylation is 1. The Morgan fingerprint density at radius 1 is 1.19 bits per heavy atom. The van der Waals surface area contributed by atoms with Crippen molar-refractivity contribution in [3.05, 3.63) is 71.7 Å². The summed E-state index contributed by atoms with van der Waals surface area (Å²) in [5.41, 5.74) is 3.80. The molecule has 1 atom stereocenters. The highest BCUT2D eigenvalue weighted by atomic mass is 16.4. The Morgan fingerprint density at radius 3 is 2.67 bits per heavy atom. The van der Waals surface area contributed by atoms with Gasteiger partial charge in [0.2, 0.25) is 0 Å². The number of carboxylic acids is 1. The zero-order valence-electron chi connectivity index (χ0n) is 11.7. The van der Waals surface area contributed by atoms with Crippen LogP contribution in [0.25, 0.3) is 5.65 Å². The maximum Gasteiger partial charge on any atom is 0.304 e. The van der Waals surface area contributed by atoms with Crippen molar-refractivity contribution >= 4 is 11.6 Å². The molecule has 0 amide bonds. The molecule has 0 radical (unpaired) electrons. The molecule has 1 N–H and O–H groups in total. The third-order valence-corrected chi connectivity index (χ3v) is 3.69. The fraction of sp³-hybridized carbons (Fsp3) is 0.176.